The van der Waals surface area contributed by atoms with Crippen LogP contribution < -0.4 is 5.73 Å². The van der Waals surface area contributed by atoms with E-state index in [1.807, 2.05) is 0 Å². The molecule has 0 bridgehead atoms. The van der Waals surface area contributed by atoms with Crippen LogP contribution in [-0.2, 0) is 27.9 Å². The van der Waals surface area contributed by atoms with Crippen molar-refractivity contribution in [1.82, 2.24) is 0 Å². The second-order valence-electron chi connectivity index (χ2n) is 11.7. The van der Waals surface area contributed by atoms with Crippen LogP contribution in [0.4, 0.5) is 0 Å². The maximum atomic E-state index is 12.3. The molecule has 2 unspecified atom stereocenters. The van der Waals surface area contributed by atoms with E-state index in [-0.39, 0.29) is 32.3 Å². The van der Waals surface area contributed by atoms with Gasteiger partial charge in [0, 0.05) is 19.6 Å². The molecular weight excluding hydrogens is 601 g/mol. The zero-order valence-electron chi connectivity index (χ0n) is 29.3. The molecule has 0 saturated heterocycles. The van der Waals surface area contributed by atoms with Gasteiger partial charge < -0.3 is 20.1 Å². The van der Waals surface area contributed by atoms with Crippen molar-refractivity contribution in [2.45, 2.75) is 148 Å². The van der Waals surface area contributed by atoms with Gasteiger partial charge in [0.05, 0.1) is 19.8 Å². The van der Waals surface area contributed by atoms with Gasteiger partial charge in [-0.15, -0.1) is 0 Å². The second kappa shape index (κ2) is 34.8. The Kier molecular flexibility index (Phi) is 33.6. The number of phosphoric ester groups is 1. The molecule has 2 atom stereocenters. The Bertz CT molecular complexity index is 844. The van der Waals surface area contributed by atoms with Crippen molar-refractivity contribution in [3.63, 3.8) is 0 Å². The first-order valence-electron chi connectivity index (χ1n) is 18.1. The zero-order valence-corrected chi connectivity index (χ0v) is 30.2. The molecule has 8 nitrogen and oxygen atoms in total. The Morgan fingerprint density at radius 2 is 1.22 bits per heavy atom. The number of carbonyl (C=O) groups excluding carboxylic acids is 1. The fraction of sp³-hybridized carbons (Fsp3) is 0.757. The molecule has 268 valence electrons. The quantitative estimate of drug-likeness (QED) is 0.0301. The maximum Gasteiger partial charge on any atom is 0.472 e. The number of phosphoric acid groups is 1. The van der Waals surface area contributed by atoms with Gasteiger partial charge in [-0.1, -0.05) is 133 Å². The molecule has 0 amide bonds. The topological polar surface area (TPSA) is 117 Å². The van der Waals surface area contributed by atoms with Crippen LogP contribution in [0.25, 0.3) is 0 Å². The third kappa shape index (κ3) is 33.8. The second-order valence-corrected chi connectivity index (χ2v) is 13.2. The summed E-state index contributed by atoms with van der Waals surface area (Å²) >= 11 is 0. The van der Waals surface area contributed by atoms with Gasteiger partial charge in [0.25, 0.3) is 0 Å². The summed E-state index contributed by atoms with van der Waals surface area (Å²) < 4.78 is 33.0. The van der Waals surface area contributed by atoms with Crippen LogP contribution in [0.1, 0.15) is 142 Å². The molecule has 9 heteroatoms. The van der Waals surface area contributed by atoms with E-state index in [2.05, 4.69) is 62.5 Å². The summed E-state index contributed by atoms with van der Waals surface area (Å²) in [5.74, 6) is -0.348. The first-order valence-corrected chi connectivity index (χ1v) is 19.6. The van der Waals surface area contributed by atoms with Gasteiger partial charge in [0.15, 0.2) is 0 Å². The van der Waals surface area contributed by atoms with Gasteiger partial charge in [-0.05, 0) is 51.4 Å². The number of ether oxygens (including phenoxy) is 2. The highest BCUT2D eigenvalue weighted by molar-refractivity contribution is 7.47. The standard InChI is InChI=1S/C37H68NO7P/c1-3-5-7-9-10-11-12-13-14-15-16-17-18-19-20-21-22-23-24-25-27-29-32-42-34-36(35-44-46(40,41)43-33-31-38)45-37(39)30-28-26-8-6-4-2/h5,7,10-11,13-14,16-17,36H,3-4,6,8-9,12,15,18-35,38H2,1-2H3,(H,40,41)/b7-5-,11-10-,14-13-,17-16-. The molecule has 0 aliphatic rings. The summed E-state index contributed by atoms with van der Waals surface area (Å²) in [5.41, 5.74) is 5.32. The lowest BCUT2D eigenvalue weighted by Crippen LogP contribution is -2.28. The number of esters is 1. The first-order chi connectivity index (χ1) is 22.4. The van der Waals surface area contributed by atoms with E-state index >= 15 is 0 Å². The average molecular weight is 670 g/mol. The van der Waals surface area contributed by atoms with Crippen LogP contribution in [0.15, 0.2) is 48.6 Å². The molecule has 0 aliphatic carbocycles. The van der Waals surface area contributed by atoms with E-state index in [1.165, 1.54) is 51.4 Å². The molecule has 0 heterocycles. The van der Waals surface area contributed by atoms with Crippen LogP contribution in [0.2, 0.25) is 0 Å². The number of allylic oxidation sites excluding steroid dienone is 8. The normalized spacial score (nSPS) is 14.3. The van der Waals surface area contributed by atoms with Crippen molar-refractivity contribution in [2.24, 2.45) is 5.73 Å². The number of hydrogen-bond donors (Lipinski definition) is 2. The van der Waals surface area contributed by atoms with E-state index in [9.17, 15) is 14.3 Å². The largest absolute Gasteiger partial charge is 0.472 e. The molecule has 0 saturated carbocycles. The van der Waals surface area contributed by atoms with Crippen molar-refractivity contribution >= 4 is 13.8 Å². The number of nitrogens with two attached hydrogens (primary N) is 1. The zero-order chi connectivity index (χ0) is 33.8. The van der Waals surface area contributed by atoms with Gasteiger partial charge in [-0.3, -0.25) is 13.8 Å². The predicted molar refractivity (Wildman–Crippen MR) is 192 cm³/mol. The lowest BCUT2D eigenvalue weighted by molar-refractivity contribution is -0.154. The lowest BCUT2D eigenvalue weighted by Gasteiger charge is -2.20. The van der Waals surface area contributed by atoms with Gasteiger partial charge >= 0.3 is 13.8 Å². The van der Waals surface area contributed by atoms with Crippen molar-refractivity contribution in [1.29, 1.82) is 0 Å². The van der Waals surface area contributed by atoms with Gasteiger partial charge in [0.1, 0.15) is 6.10 Å². The number of rotatable bonds is 34. The SMILES string of the molecule is CC/C=C\C/C=C\C/C=C\C/C=C\CCCCCCCCCCCOCC(COP(=O)(O)OCCN)OC(=O)CCCCCCC. The molecule has 0 aliphatic heterocycles. The monoisotopic (exact) mass is 669 g/mol. The summed E-state index contributed by atoms with van der Waals surface area (Å²) in [7, 11) is -4.26. The Hall–Kier alpha value is -1.54. The fourth-order valence-electron chi connectivity index (χ4n) is 4.63. The predicted octanol–water partition coefficient (Wildman–Crippen LogP) is 10.1. The first kappa shape index (κ1) is 44.5. The highest BCUT2D eigenvalue weighted by Crippen LogP contribution is 2.43. The van der Waals surface area contributed by atoms with Crippen LogP contribution in [0.5, 0.6) is 0 Å². The van der Waals surface area contributed by atoms with Crippen LogP contribution in [0, 0.1) is 0 Å². The Labute approximate surface area is 281 Å². The minimum absolute atomic E-state index is 0.0979. The number of hydrogen-bond acceptors (Lipinski definition) is 7. The molecule has 0 spiro atoms. The summed E-state index contributed by atoms with van der Waals surface area (Å²) in [4.78, 5) is 22.1. The summed E-state index contributed by atoms with van der Waals surface area (Å²) in [6.07, 6.45) is 38.8. The van der Waals surface area contributed by atoms with Crippen molar-refractivity contribution in [3.8, 4) is 0 Å². The Morgan fingerprint density at radius 3 is 1.83 bits per heavy atom. The van der Waals surface area contributed by atoms with Gasteiger partial charge in [0.2, 0.25) is 0 Å². The third-order valence-electron chi connectivity index (χ3n) is 7.26. The lowest BCUT2D eigenvalue weighted by atomic mass is 10.1. The molecule has 0 aromatic carbocycles. The molecule has 46 heavy (non-hydrogen) atoms. The molecule has 0 rings (SSSR count). The minimum atomic E-state index is -4.26. The summed E-state index contributed by atoms with van der Waals surface area (Å²) in [6, 6.07) is 0. The molecule has 0 aromatic heterocycles. The molecule has 0 fully saturated rings. The Balaban J connectivity index is 3.89. The number of carbonyl (C=O) groups is 1. The molecule has 0 aromatic rings. The molecule has 0 radical (unpaired) electrons. The van der Waals surface area contributed by atoms with Crippen molar-refractivity contribution in [2.75, 3.05) is 33.0 Å². The van der Waals surface area contributed by atoms with E-state index in [4.69, 9.17) is 24.3 Å². The highest BCUT2D eigenvalue weighted by atomic mass is 31.2. The summed E-state index contributed by atoms with van der Waals surface area (Å²) in [5, 5.41) is 0. The third-order valence-corrected chi connectivity index (χ3v) is 8.24. The van der Waals surface area contributed by atoms with Crippen LogP contribution in [-0.4, -0.2) is 49.9 Å². The Morgan fingerprint density at radius 1 is 0.674 bits per heavy atom. The minimum Gasteiger partial charge on any atom is -0.457 e. The smallest absolute Gasteiger partial charge is 0.457 e. The van der Waals surface area contributed by atoms with E-state index in [1.54, 1.807) is 0 Å². The molecule has 3 N–H and O–H groups in total. The molecular formula is C37H68NO7P. The summed E-state index contributed by atoms with van der Waals surface area (Å²) in [6.45, 7) is 4.68. The van der Waals surface area contributed by atoms with Gasteiger partial charge in [-0.25, -0.2) is 4.57 Å². The van der Waals surface area contributed by atoms with Crippen LogP contribution in [0.3, 0.4) is 0 Å². The van der Waals surface area contributed by atoms with E-state index in [0.29, 0.717) is 13.0 Å². The van der Waals surface area contributed by atoms with Crippen LogP contribution >= 0.6 is 7.82 Å². The van der Waals surface area contributed by atoms with Gasteiger partial charge in [-0.2, -0.15) is 0 Å². The fourth-order valence-corrected chi connectivity index (χ4v) is 5.40. The maximum absolute atomic E-state index is 12.3. The van der Waals surface area contributed by atoms with Crippen molar-refractivity contribution in [3.05, 3.63) is 48.6 Å². The van der Waals surface area contributed by atoms with E-state index in [0.717, 1.165) is 70.6 Å². The average Bonchev–Trinajstić information content (AvgIpc) is 3.04. The highest BCUT2D eigenvalue weighted by Gasteiger charge is 2.25. The number of unbranched alkanes of at least 4 members (excludes halogenated alkanes) is 13. The van der Waals surface area contributed by atoms with Crippen molar-refractivity contribution < 1.29 is 32.8 Å². The van der Waals surface area contributed by atoms with E-state index < -0.39 is 13.9 Å².